The summed E-state index contributed by atoms with van der Waals surface area (Å²) in [6.45, 7) is 3.67. The summed E-state index contributed by atoms with van der Waals surface area (Å²) in [6, 6.07) is 1.57. The molecule has 0 amide bonds. The van der Waals surface area contributed by atoms with Gasteiger partial charge in [-0.05, 0) is 6.92 Å². The molecule has 0 aliphatic carbocycles. The minimum absolute atomic E-state index is 0.343. The van der Waals surface area contributed by atoms with Crippen molar-refractivity contribution in [2.75, 3.05) is 0 Å². The van der Waals surface area contributed by atoms with Crippen molar-refractivity contribution in [2.24, 2.45) is 0 Å². The first-order valence-corrected chi connectivity index (χ1v) is 4.41. The first kappa shape index (κ1) is 10.7. The summed E-state index contributed by atoms with van der Waals surface area (Å²) in [5.74, 6) is 0.738. The van der Waals surface area contributed by atoms with Crippen LogP contribution in [0, 0.1) is 18.3 Å². The van der Waals surface area contributed by atoms with Gasteiger partial charge in [-0.1, -0.05) is 6.92 Å². The first-order chi connectivity index (χ1) is 6.60. The van der Waals surface area contributed by atoms with Gasteiger partial charge >= 0.3 is 0 Å². The number of nitrogens with zero attached hydrogens (tertiary/aromatic N) is 2. The van der Waals surface area contributed by atoms with Crippen LogP contribution in [0.3, 0.4) is 0 Å². The van der Waals surface area contributed by atoms with Gasteiger partial charge in [0.15, 0.2) is 6.10 Å². The minimum atomic E-state index is -1.43. The zero-order chi connectivity index (χ0) is 10.7. The molecule has 5 nitrogen and oxygen atoms in total. The standard InChI is InChI=1S/C9H13N3O2/c1-3-7-11-5(2)8(12-7)9(14)6(13)4-10/h6,9,13-14H,3H2,1-2H3,(H,11,12). The molecule has 0 saturated heterocycles. The molecular weight excluding hydrogens is 182 g/mol. The lowest BCUT2D eigenvalue weighted by Gasteiger charge is -2.09. The van der Waals surface area contributed by atoms with Gasteiger partial charge in [0.1, 0.15) is 11.9 Å². The van der Waals surface area contributed by atoms with Gasteiger partial charge in [-0.2, -0.15) is 5.26 Å². The average molecular weight is 195 g/mol. The van der Waals surface area contributed by atoms with Crippen LogP contribution in [-0.2, 0) is 6.42 Å². The fraction of sp³-hybridized carbons (Fsp3) is 0.556. The van der Waals surface area contributed by atoms with Gasteiger partial charge in [0.2, 0.25) is 0 Å². The molecule has 1 aromatic rings. The van der Waals surface area contributed by atoms with Crippen molar-refractivity contribution in [3.8, 4) is 6.07 Å². The number of hydrogen-bond acceptors (Lipinski definition) is 4. The van der Waals surface area contributed by atoms with Gasteiger partial charge in [0.05, 0.1) is 11.8 Å². The lowest BCUT2D eigenvalue weighted by molar-refractivity contribution is 0.0496. The Labute approximate surface area is 82.0 Å². The number of aromatic amines is 1. The second-order valence-electron chi connectivity index (χ2n) is 3.07. The average Bonchev–Trinajstić information content (AvgIpc) is 2.57. The van der Waals surface area contributed by atoms with E-state index in [1.54, 1.807) is 13.0 Å². The molecule has 1 rings (SSSR count). The predicted octanol–water partition coefficient (Wildman–Crippen LogP) is 0.198. The Balaban J connectivity index is 2.95. The number of H-pyrrole nitrogens is 1. The number of nitrogens with one attached hydrogen (secondary N) is 1. The van der Waals surface area contributed by atoms with E-state index >= 15 is 0 Å². The maximum absolute atomic E-state index is 9.52. The van der Waals surface area contributed by atoms with Crippen LogP contribution in [0.25, 0.3) is 0 Å². The topological polar surface area (TPSA) is 92.9 Å². The molecule has 0 radical (unpaired) electrons. The zero-order valence-electron chi connectivity index (χ0n) is 8.15. The molecule has 76 valence electrons. The maximum atomic E-state index is 9.52. The fourth-order valence-corrected chi connectivity index (χ4v) is 1.21. The quantitative estimate of drug-likeness (QED) is 0.600. The number of aryl methyl sites for hydroxylation is 2. The number of imidazole rings is 1. The second kappa shape index (κ2) is 4.22. The van der Waals surface area contributed by atoms with Gasteiger partial charge in [0.25, 0.3) is 0 Å². The van der Waals surface area contributed by atoms with E-state index in [1.807, 2.05) is 6.92 Å². The van der Waals surface area contributed by atoms with Crippen molar-refractivity contribution in [3.05, 3.63) is 17.2 Å². The first-order valence-electron chi connectivity index (χ1n) is 4.41. The molecule has 3 N–H and O–H groups in total. The van der Waals surface area contributed by atoms with Crippen molar-refractivity contribution < 1.29 is 10.2 Å². The van der Waals surface area contributed by atoms with E-state index in [-0.39, 0.29) is 0 Å². The van der Waals surface area contributed by atoms with Gasteiger partial charge in [0, 0.05) is 12.1 Å². The Bertz CT molecular complexity index is 353. The fourth-order valence-electron chi connectivity index (χ4n) is 1.21. The summed E-state index contributed by atoms with van der Waals surface area (Å²) in [5, 5.41) is 27.1. The highest BCUT2D eigenvalue weighted by atomic mass is 16.3. The van der Waals surface area contributed by atoms with Crippen LogP contribution < -0.4 is 0 Å². The molecule has 0 fully saturated rings. The van der Waals surface area contributed by atoms with Gasteiger partial charge in [-0.25, -0.2) is 4.98 Å². The Morgan fingerprint density at radius 3 is 2.64 bits per heavy atom. The van der Waals surface area contributed by atoms with Crippen molar-refractivity contribution in [1.82, 2.24) is 9.97 Å². The number of aliphatic hydroxyl groups excluding tert-OH is 2. The van der Waals surface area contributed by atoms with Gasteiger partial charge < -0.3 is 15.2 Å². The molecule has 5 heteroatoms. The summed E-state index contributed by atoms with van der Waals surface area (Å²) in [4.78, 5) is 7.04. The molecule has 0 aromatic carbocycles. The molecular formula is C9H13N3O2. The third kappa shape index (κ3) is 1.92. The largest absolute Gasteiger partial charge is 0.383 e. The Morgan fingerprint density at radius 1 is 1.57 bits per heavy atom. The summed E-state index contributed by atoms with van der Waals surface area (Å²) < 4.78 is 0. The van der Waals surface area contributed by atoms with E-state index in [9.17, 15) is 5.11 Å². The number of aliphatic hydroxyl groups is 2. The van der Waals surface area contributed by atoms with E-state index in [0.717, 1.165) is 12.2 Å². The smallest absolute Gasteiger partial charge is 0.172 e. The third-order valence-electron chi connectivity index (χ3n) is 2.02. The lowest BCUT2D eigenvalue weighted by Crippen LogP contribution is -2.17. The van der Waals surface area contributed by atoms with Crippen LogP contribution >= 0.6 is 0 Å². The van der Waals surface area contributed by atoms with E-state index < -0.39 is 12.2 Å². The van der Waals surface area contributed by atoms with Crippen molar-refractivity contribution in [3.63, 3.8) is 0 Å². The van der Waals surface area contributed by atoms with E-state index in [4.69, 9.17) is 10.4 Å². The molecule has 0 spiro atoms. The number of nitriles is 1. The van der Waals surface area contributed by atoms with E-state index in [0.29, 0.717) is 11.4 Å². The molecule has 0 aliphatic rings. The highest BCUT2D eigenvalue weighted by Crippen LogP contribution is 2.18. The molecule has 1 aromatic heterocycles. The molecule has 2 atom stereocenters. The minimum Gasteiger partial charge on any atom is -0.383 e. The van der Waals surface area contributed by atoms with Crippen LogP contribution in [-0.4, -0.2) is 26.3 Å². The second-order valence-corrected chi connectivity index (χ2v) is 3.07. The molecule has 0 bridgehead atoms. The van der Waals surface area contributed by atoms with Gasteiger partial charge in [-0.15, -0.1) is 0 Å². The highest BCUT2D eigenvalue weighted by Gasteiger charge is 2.22. The summed E-state index contributed by atoms with van der Waals surface area (Å²) >= 11 is 0. The Morgan fingerprint density at radius 2 is 2.21 bits per heavy atom. The number of aromatic nitrogens is 2. The Kier molecular flexibility index (Phi) is 3.23. The molecule has 14 heavy (non-hydrogen) atoms. The van der Waals surface area contributed by atoms with E-state index in [2.05, 4.69) is 9.97 Å². The number of rotatable bonds is 3. The lowest BCUT2D eigenvalue weighted by atomic mass is 10.1. The van der Waals surface area contributed by atoms with Crippen LogP contribution in [0.4, 0.5) is 0 Å². The summed E-state index contributed by atoms with van der Waals surface area (Å²) in [7, 11) is 0. The van der Waals surface area contributed by atoms with Crippen molar-refractivity contribution in [2.45, 2.75) is 32.5 Å². The molecule has 1 heterocycles. The van der Waals surface area contributed by atoms with Crippen LogP contribution in [0.1, 0.15) is 30.2 Å². The zero-order valence-corrected chi connectivity index (χ0v) is 8.15. The van der Waals surface area contributed by atoms with Crippen LogP contribution in [0.2, 0.25) is 0 Å². The molecule has 0 aliphatic heterocycles. The maximum Gasteiger partial charge on any atom is 0.172 e. The monoisotopic (exact) mass is 195 g/mol. The van der Waals surface area contributed by atoms with Crippen LogP contribution in [0.15, 0.2) is 0 Å². The summed E-state index contributed by atoms with van der Waals surface area (Å²) in [5.41, 5.74) is 1.03. The van der Waals surface area contributed by atoms with E-state index in [1.165, 1.54) is 0 Å². The van der Waals surface area contributed by atoms with Crippen LogP contribution in [0.5, 0.6) is 0 Å². The predicted molar refractivity (Wildman–Crippen MR) is 49.3 cm³/mol. The third-order valence-corrected chi connectivity index (χ3v) is 2.02. The normalized spacial score (nSPS) is 14.8. The molecule has 0 saturated carbocycles. The summed E-state index contributed by atoms with van der Waals surface area (Å²) in [6.07, 6.45) is -1.95. The van der Waals surface area contributed by atoms with Crippen molar-refractivity contribution in [1.29, 1.82) is 5.26 Å². The Hall–Kier alpha value is -1.38. The molecule has 2 unspecified atom stereocenters. The van der Waals surface area contributed by atoms with Gasteiger partial charge in [-0.3, -0.25) is 0 Å². The highest BCUT2D eigenvalue weighted by molar-refractivity contribution is 5.18. The SMILES string of the molecule is CCc1nc(C(O)C(O)C#N)c(C)[nH]1. The van der Waals surface area contributed by atoms with Crippen molar-refractivity contribution >= 4 is 0 Å². The number of hydrogen-bond donors (Lipinski definition) is 3.